The fourth-order valence-corrected chi connectivity index (χ4v) is 4.44. The minimum absolute atomic E-state index is 0.322. The van der Waals surface area contributed by atoms with Crippen molar-refractivity contribution in [2.45, 2.75) is 20.0 Å². The van der Waals surface area contributed by atoms with Crippen LogP contribution >= 0.6 is 22.9 Å². The zero-order valence-electron chi connectivity index (χ0n) is 17.7. The maximum absolute atomic E-state index is 12.7. The molecular weight excluding hydrogens is 464 g/mol. The standard InChI is InChI=1S/C23H19ClN4O4S/c1-12-16-11-19(33-22(16)28(27-12)18-6-4-3-5-17(18)24)23(31)32-13(2)21(30)26-15-9-7-14(8-10-15)20(25)29/h3-11,13H,1-2H3,(H2,25,29)(H,26,30). The summed E-state index contributed by atoms with van der Waals surface area (Å²) in [6, 6.07) is 15.1. The van der Waals surface area contributed by atoms with Gasteiger partial charge < -0.3 is 15.8 Å². The van der Waals surface area contributed by atoms with E-state index in [0.29, 0.717) is 26.8 Å². The van der Waals surface area contributed by atoms with Gasteiger partial charge in [0.2, 0.25) is 5.91 Å². The van der Waals surface area contributed by atoms with E-state index in [4.69, 9.17) is 22.1 Å². The summed E-state index contributed by atoms with van der Waals surface area (Å²) in [6.45, 7) is 3.33. The molecule has 10 heteroatoms. The highest BCUT2D eigenvalue weighted by atomic mass is 35.5. The largest absolute Gasteiger partial charge is 0.448 e. The molecule has 3 N–H and O–H groups in total. The lowest BCUT2D eigenvalue weighted by atomic mass is 10.2. The molecule has 0 saturated heterocycles. The molecule has 0 aliphatic carbocycles. The second-order valence-electron chi connectivity index (χ2n) is 7.26. The van der Waals surface area contributed by atoms with Gasteiger partial charge in [-0.2, -0.15) is 5.10 Å². The van der Waals surface area contributed by atoms with Crippen molar-refractivity contribution < 1.29 is 19.1 Å². The zero-order valence-corrected chi connectivity index (χ0v) is 19.2. The van der Waals surface area contributed by atoms with E-state index < -0.39 is 23.9 Å². The van der Waals surface area contributed by atoms with Crippen LogP contribution in [0.1, 0.15) is 32.6 Å². The lowest BCUT2D eigenvalue weighted by molar-refractivity contribution is -0.123. The van der Waals surface area contributed by atoms with Crippen molar-refractivity contribution in [2.75, 3.05) is 5.32 Å². The Morgan fingerprint density at radius 3 is 2.52 bits per heavy atom. The predicted molar refractivity (Wildman–Crippen MR) is 127 cm³/mol. The van der Waals surface area contributed by atoms with Gasteiger partial charge in [0, 0.05) is 16.6 Å². The number of nitrogens with two attached hydrogens (primary N) is 1. The molecule has 0 saturated carbocycles. The summed E-state index contributed by atoms with van der Waals surface area (Å²) in [5.74, 6) is -1.69. The minimum atomic E-state index is -1.04. The van der Waals surface area contributed by atoms with Crippen LogP contribution in [-0.4, -0.2) is 33.7 Å². The first-order valence-electron chi connectivity index (χ1n) is 9.90. The second-order valence-corrected chi connectivity index (χ2v) is 8.69. The van der Waals surface area contributed by atoms with Crippen LogP contribution in [0.2, 0.25) is 5.02 Å². The van der Waals surface area contributed by atoms with Crippen LogP contribution in [0.4, 0.5) is 5.69 Å². The van der Waals surface area contributed by atoms with E-state index in [0.717, 1.165) is 15.9 Å². The summed E-state index contributed by atoms with van der Waals surface area (Å²) in [7, 11) is 0. The number of rotatable bonds is 6. The molecule has 8 nitrogen and oxygen atoms in total. The number of fused-ring (bicyclic) bond motifs is 1. The van der Waals surface area contributed by atoms with Gasteiger partial charge in [-0.25, -0.2) is 9.48 Å². The highest BCUT2D eigenvalue weighted by Crippen LogP contribution is 2.32. The lowest BCUT2D eigenvalue weighted by Crippen LogP contribution is -2.29. The van der Waals surface area contributed by atoms with E-state index in [1.807, 2.05) is 25.1 Å². The summed E-state index contributed by atoms with van der Waals surface area (Å²) >= 11 is 7.53. The van der Waals surface area contributed by atoms with Gasteiger partial charge in [-0.15, -0.1) is 11.3 Å². The van der Waals surface area contributed by atoms with Crippen LogP contribution < -0.4 is 11.1 Å². The van der Waals surface area contributed by atoms with E-state index in [1.54, 1.807) is 28.9 Å². The number of primary amides is 1. The zero-order chi connectivity index (χ0) is 23.7. The Kier molecular flexibility index (Phi) is 6.17. The maximum Gasteiger partial charge on any atom is 0.349 e. The number of para-hydroxylation sites is 1. The molecule has 0 aliphatic rings. The number of amides is 2. The maximum atomic E-state index is 12.7. The molecule has 0 spiro atoms. The topological polar surface area (TPSA) is 116 Å². The average molecular weight is 483 g/mol. The molecule has 1 atom stereocenters. The molecule has 2 amide bonds. The Balaban J connectivity index is 1.49. The molecule has 0 fully saturated rings. The van der Waals surface area contributed by atoms with Crippen molar-refractivity contribution in [3.8, 4) is 5.69 Å². The molecule has 0 bridgehead atoms. The van der Waals surface area contributed by atoms with E-state index in [2.05, 4.69) is 10.4 Å². The van der Waals surface area contributed by atoms with E-state index in [1.165, 1.54) is 30.4 Å². The molecule has 0 aliphatic heterocycles. The summed E-state index contributed by atoms with van der Waals surface area (Å²) < 4.78 is 7.06. The van der Waals surface area contributed by atoms with Gasteiger partial charge in [0.15, 0.2) is 6.10 Å². The third-order valence-corrected chi connectivity index (χ3v) is 6.33. The van der Waals surface area contributed by atoms with Crippen molar-refractivity contribution in [2.24, 2.45) is 5.73 Å². The van der Waals surface area contributed by atoms with Gasteiger partial charge >= 0.3 is 5.97 Å². The van der Waals surface area contributed by atoms with E-state index in [-0.39, 0.29) is 0 Å². The molecule has 2 aromatic heterocycles. The predicted octanol–water partition coefficient (Wildman–Crippen LogP) is 4.33. The normalized spacial score (nSPS) is 11.8. The molecule has 0 radical (unpaired) electrons. The van der Waals surface area contributed by atoms with Crippen molar-refractivity contribution in [1.29, 1.82) is 0 Å². The molecular formula is C23H19ClN4O4S. The number of aromatic nitrogens is 2. The molecule has 4 aromatic rings. The summed E-state index contributed by atoms with van der Waals surface area (Å²) in [5.41, 5.74) is 7.42. The smallest absolute Gasteiger partial charge is 0.349 e. The number of halogens is 1. The first-order valence-corrected chi connectivity index (χ1v) is 11.1. The molecule has 33 heavy (non-hydrogen) atoms. The number of hydrogen-bond donors (Lipinski definition) is 2. The Morgan fingerprint density at radius 1 is 1.15 bits per heavy atom. The summed E-state index contributed by atoms with van der Waals surface area (Å²) in [4.78, 5) is 37.4. The number of thiophene rings is 1. The number of aryl methyl sites for hydroxylation is 1. The van der Waals surface area contributed by atoms with Crippen LogP contribution in [0.15, 0.2) is 54.6 Å². The number of benzene rings is 2. The SMILES string of the molecule is Cc1nn(-c2ccccc2Cl)c2sc(C(=O)OC(C)C(=O)Nc3ccc(C(N)=O)cc3)cc12. The molecule has 1 unspecified atom stereocenters. The van der Waals surface area contributed by atoms with Gasteiger partial charge in [-0.1, -0.05) is 23.7 Å². The van der Waals surface area contributed by atoms with Crippen LogP contribution in [0.3, 0.4) is 0 Å². The Bertz CT molecular complexity index is 1380. The Morgan fingerprint density at radius 2 is 1.85 bits per heavy atom. The number of hydrogen-bond acceptors (Lipinski definition) is 6. The number of anilines is 1. The van der Waals surface area contributed by atoms with Gasteiger partial charge in [0.25, 0.3) is 5.91 Å². The van der Waals surface area contributed by atoms with Crippen LogP contribution in [0.25, 0.3) is 15.9 Å². The first-order chi connectivity index (χ1) is 15.7. The van der Waals surface area contributed by atoms with Crippen LogP contribution in [-0.2, 0) is 9.53 Å². The third kappa shape index (κ3) is 4.59. The molecule has 2 heterocycles. The summed E-state index contributed by atoms with van der Waals surface area (Å²) in [6.07, 6.45) is -1.04. The fraction of sp³-hybridized carbons (Fsp3) is 0.130. The van der Waals surface area contributed by atoms with Crippen molar-refractivity contribution in [3.05, 3.63) is 75.8 Å². The number of ether oxygens (including phenoxy) is 1. The highest BCUT2D eigenvalue weighted by molar-refractivity contribution is 7.20. The Labute approximate surface area is 197 Å². The van der Waals surface area contributed by atoms with Gasteiger partial charge in [0.1, 0.15) is 9.71 Å². The first kappa shape index (κ1) is 22.5. The number of carbonyl (C=O) groups excluding carboxylic acids is 3. The fourth-order valence-electron chi connectivity index (χ4n) is 3.17. The molecule has 4 rings (SSSR count). The molecule has 2 aromatic carbocycles. The minimum Gasteiger partial charge on any atom is -0.448 e. The molecule has 168 valence electrons. The van der Waals surface area contributed by atoms with E-state index >= 15 is 0 Å². The third-order valence-electron chi connectivity index (χ3n) is 4.92. The monoisotopic (exact) mass is 482 g/mol. The van der Waals surface area contributed by atoms with Crippen molar-refractivity contribution in [1.82, 2.24) is 9.78 Å². The number of esters is 1. The van der Waals surface area contributed by atoms with Crippen LogP contribution in [0.5, 0.6) is 0 Å². The second kappa shape index (κ2) is 9.05. The Hall–Kier alpha value is -3.69. The average Bonchev–Trinajstić information content (AvgIpc) is 3.35. The highest BCUT2D eigenvalue weighted by Gasteiger charge is 2.23. The quantitative estimate of drug-likeness (QED) is 0.397. The van der Waals surface area contributed by atoms with Crippen molar-refractivity contribution >= 4 is 56.6 Å². The lowest BCUT2D eigenvalue weighted by Gasteiger charge is -2.13. The number of nitrogens with one attached hydrogen (secondary N) is 1. The van der Waals surface area contributed by atoms with Gasteiger partial charge in [-0.3, -0.25) is 9.59 Å². The van der Waals surface area contributed by atoms with Crippen molar-refractivity contribution in [3.63, 3.8) is 0 Å². The number of carbonyl (C=O) groups is 3. The van der Waals surface area contributed by atoms with Gasteiger partial charge in [0.05, 0.1) is 16.4 Å². The van der Waals surface area contributed by atoms with Crippen LogP contribution in [0, 0.1) is 6.92 Å². The number of nitrogens with zero attached hydrogens (tertiary/aromatic N) is 2. The van der Waals surface area contributed by atoms with Gasteiger partial charge in [-0.05, 0) is 56.3 Å². The van der Waals surface area contributed by atoms with E-state index in [9.17, 15) is 14.4 Å². The summed E-state index contributed by atoms with van der Waals surface area (Å²) in [5, 5.41) is 8.51.